The summed E-state index contributed by atoms with van der Waals surface area (Å²) in [5, 5.41) is 1.65. The first-order valence-electron chi connectivity index (χ1n) is 8.29. The van der Waals surface area contributed by atoms with Gasteiger partial charge in [-0.3, -0.25) is 0 Å². The zero-order valence-corrected chi connectivity index (χ0v) is 15.7. The van der Waals surface area contributed by atoms with Gasteiger partial charge in [-0.05, 0) is 30.9 Å². The van der Waals surface area contributed by atoms with Crippen LogP contribution in [0.4, 0.5) is 11.6 Å². The molecule has 1 saturated heterocycles. The number of nitrogens with zero attached hydrogens (tertiary/aromatic N) is 3. The van der Waals surface area contributed by atoms with E-state index in [0.717, 1.165) is 36.0 Å². The molecule has 1 spiro atoms. The first-order chi connectivity index (χ1) is 12.0. The summed E-state index contributed by atoms with van der Waals surface area (Å²) in [7, 11) is 0. The average molecular weight is 394 g/mol. The Morgan fingerprint density at radius 3 is 2.84 bits per heavy atom. The predicted octanol–water partition coefficient (Wildman–Crippen LogP) is 3.44. The molecule has 0 radical (unpaired) electrons. The number of aromatic nitrogens is 2. The molecule has 1 aromatic heterocycles. The van der Waals surface area contributed by atoms with Crippen LogP contribution in [0.2, 0.25) is 10.0 Å². The lowest BCUT2D eigenvalue weighted by Gasteiger charge is -2.31. The molecule has 2 aliphatic carbocycles. The monoisotopic (exact) mass is 393 g/mol. The Kier molecular flexibility index (Phi) is 3.45. The van der Waals surface area contributed by atoms with Crippen molar-refractivity contribution in [3.63, 3.8) is 0 Å². The first-order valence-corrected chi connectivity index (χ1v) is 9.86. The fraction of sp³-hybridized carbons (Fsp3) is 0.412. The van der Waals surface area contributed by atoms with Crippen molar-refractivity contribution in [2.24, 2.45) is 17.1 Å². The van der Waals surface area contributed by atoms with Crippen molar-refractivity contribution < 1.29 is 0 Å². The van der Waals surface area contributed by atoms with Gasteiger partial charge in [0.1, 0.15) is 10.8 Å². The summed E-state index contributed by atoms with van der Waals surface area (Å²) in [6.07, 6.45) is 4.09. The molecule has 1 aromatic carbocycles. The standard InChI is InChI=1S/C17H17Cl2N5S/c18-9-2-1-3-10(13(9)19)25-16-15(21)23-12(7-22-16)24-5-4-17-8(14(17)24)6-11(17)20/h1-3,7-8,11,14H,4-6,20H2,(H2,21,23)/t8?,11-,14?,17+/m0/s1. The second-order valence-electron chi connectivity index (χ2n) is 7.02. The average Bonchev–Trinajstić information content (AvgIpc) is 2.91. The van der Waals surface area contributed by atoms with Gasteiger partial charge in [-0.2, -0.15) is 0 Å². The molecule has 4 atom stereocenters. The van der Waals surface area contributed by atoms with Crippen LogP contribution >= 0.6 is 35.0 Å². The smallest absolute Gasteiger partial charge is 0.158 e. The SMILES string of the molecule is Nc1nc(N2CC[C@@]34C(C[C@@H]3N)C24)cnc1Sc1cccc(Cl)c1Cl. The van der Waals surface area contributed by atoms with E-state index in [-0.39, 0.29) is 0 Å². The lowest BCUT2D eigenvalue weighted by Crippen LogP contribution is -2.41. The van der Waals surface area contributed by atoms with E-state index in [1.807, 2.05) is 12.1 Å². The van der Waals surface area contributed by atoms with Gasteiger partial charge in [0.05, 0.1) is 16.2 Å². The van der Waals surface area contributed by atoms with Gasteiger partial charge in [0.2, 0.25) is 0 Å². The molecule has 0 amide bonds. The van der Waals surface area contributed by atoms with Gasteiger partial charge in [-0.1, -0.05) is 41.0 Å². The lowest BCUT2D eigenvalue weighted by atomic mass is 9.78. The molecule has 25 heavy (non-hydrogen) atoms. The highest BCUT2D eigenvalue weighted by Crippen LogP contribution is 2.73. The first kappa shape index (κ1) is 16.0. The van der Waals surface area contributed by atoms with Gasteiger partial charge >= 0.3 is 0 Å². The van der Waals surface area contributed by atoms with Crippen LogP contribution in [0.3, 0.4) is 0 Å². The fourth-order valence-corrected chi connectivity index (χ4v) is 5.98. The van der Waals surface area contributed by atoms with Crippen molar-refractivity contribution in [2.75, 3.05) is 17.2 Å². The van der Waals surface area contributed by atoms with Crippen LogP contribution < -0.4 is 16.4 Å². The van der Waals surface area contributed by atoms with Gasteiger partial charge in [0.15, 0.2) is 5.82 Å². The zero-order chi connectivity index (χ0) is 17.3. The Morgan fingerprint density at radius 1 is 1.32 bits per heavy atom. The van der Waals surface area contributed by atoms with Gasteiger partial charge in [0.25, 0.3) is 0 Å². The van der Waals surface area contributed by atoms with Crippen LogP contribution in [0.5, 0.6) is 0 Å². The predicted molar refractivity (Wildman–Crippen MR) is 101 cm³/mol. The van der Waals surface area contributed by atoms with Crippen molar-refractivity contribution in [2.45, 2.75) is 34.8 Å². The summed E-state index contributed by atoms with van der Waals surface area (Å²) in [5.74, 6) is 2.00. The van der Waals surface area contributed by atoms with Crippen LogP contribution in [-0.2, 0) is 0 Å². The van der Waals surface area contributed by atoms with Crippen molar-refractivity contribution in [3.8, 4) is 0 Å². The molecular weight excluding hydrogens is 377 g/mol. The lowest BCUT2D eigenvalue weighted by molar-refractivity contribution is 0.231. The second kappa shape index (κ2) is 5.39. The number of hydrogen-bond acceptors (Lipinski definition) is 6. The minimum atomic E-state index is 0.345. The van der Waals surface area contributed by atoms with E-state index in [9.17, 15) is 0 Å². The van der Waals surface area contributed by atoms with Crippen LogP contribution in [0.1, 0.15) is 12.8 Å². The fourth-order valence-electron chi connectivity index (χ4n) is 4.70. The quantitative estimate of drug-likeness (QED) is 0.830. The van der Waals surface area contributed by atoms with E-state index in [1.54, 1.807) is 12.3 Å². The van der Waals surface area contributed by atoms with E-state index in [0.29, 0.717) is 38.4 Å². The van der Waals surface area contributed by atoms with Crippen molar-refractivity contribution in [1.82, 2.24) is 9.97 Å². The molecular formula is C17H17Cl2N5S. The van der Waals surface area contributed by atoms with Gasteiger partial charge in [0, 0.05) is 28.9 Å². The molecule has 130 valence electrons. The Balaban J connectivity index is 1.39. The normalized spacial score (nSPS) is 32.1. The third-order valence-electron chi connectivity index (χ3n) is 6.00. The molecule has 2 unspecified atom stereocenters. The number of benzene rings is 1. The van der Waals surface area contributed by atoms with E-state index in [1.165, 1.54) is 11.8 Å². The molecule has 2 saturated carbocycles. The van der Waals surface area contributed by atoms with Gasteiger partial charge < -0.3 is 16.4 Å². The molecule has 1 aliphatic heterocycles. The molecule has 8 heteroatoms. The molecule has 4 N–H and O–H groups in total. The Bertz CT molecular complexity index is 878. The number of fused-ring (bicyclic) bond motifs is 1. The molecule has 3 aliphatic rings. The maximum Gasteiger partial charge on any atom is 0.158 e. The third kappa shape index (κ3) is 2.14. The van der Waals surface area contributed by atoms with Crippen molar-refractivity contribution in [3.05, 3.63) is 34.4 Å². The van der Waals surface area contributed by atoms with Crippen molar-refractivity contribution >= 4 is 46.6 Å². The molecule has 5 nitrogen and oxygen atoms in total. The van der Waals surface area contributed by atoms with Gasteiger partial charge in [-0.25, -0.2) is 9.97 Å². The van der Waals surface area contributed by atoms with E-state index in [4.69, 9.17) is 34.7 Å². The summed E-state index contributed by atoms with van der Waals surface area (Å²) < 4.78 is 0. The number of hydrogen-bond donors (Lipinski definition) is 2. The summed E-state index contributed by atoms with van der Waals surface area (Å²) >= 11 is 13.7. The number of anilines is 2. The Morgan fingerprint density at radius 2 is 2.16 bits per heavy atom. The molecule has 0 bridgehead atoms. The summed E-state index contributed by atoms with van der Waals surface area (Å²) in [4.78, 5) is 12.3. The molecule has 2 aromatic rings. The Hall–Kier alpha value is -1.21. The zero-order valence-electron chi connectivity index (χ0n) is 13.3. The van der Waals surface area contributed by atoms with E-state index in [2.05, 4.69) is 14.9 Å². The minimum Gasteiger partial charge on any atom is -0.381 e. The number of piperidine rings is 1. The van der Waals surface area contributed by atoms with E-state index >= 15 is 0 Å². The molecule has 2 heterocycles. The minimum absolute atomic E-state index is 0.345. The number of nitrogen functional groups attached to an aromatic ring is 1. The second-order valence-corrected chi connectivity index (χ2v) is 8.84. The van der Waals surface area contributed by atoms with Crippen LogP contribution in [0.25, 0.3) is 0 Å². The summed E-state index contributed by atoms with van der Waals surface area (Å²) in [5.41, 5.74) is 12.8. The number of rotatable bonds is 3. The largest absolute Gasteiger partial charge is 0.381 e. The number of nitrogens with two attached hydrogens (primary N) is 2. The van der Waals surface area contributed by atoms with Crippen LogP contribution in [-0.4, -0.2) is 28.6 Å². The van der Waals surface area contributed by atoms with E-state index < -0.39 is 0 Å². The maximum absolute atomic E-state index is 6.25. The molecule has 3 fully saturated rings. The Labute approximate surface area is 160 Å². The number of halogens is 2. The van der Waals surface area contributed by atoms with Crippen LogP contribution in [0, 0.1) is 11.3 Å². The maximum atomic E-state index is 6.25. The highest BCUT2D eigenvalue weighted by molar-refractivity contribution is 7.99. The summed E-state index contributed by atoms with van der Waals surface area (Å²) in [6.45, 7) is 0.982. The third-order valence-corrected chi connectivity index (χ3v) is 8.00. The topological polar surface area (TPSA) is 81.1 Å². The highest BCUT2D eigenvalue weighted by atomic mass is 35.5. The van der Waals surface area contributed by atoms with Crippen molar-refractivity contribution in [1.29, 1.82) is 0 Å². The summed E-state index contributed by atoms with van der Waals surface area (Å²) in [6, 6.07) is 6.37. The van der Waals surface area contributed by atoms with Crippen LogP contribution in [0.15, 0.2) is 34.3 Å². The molecule has 5 rings (SSSR count). The highest BCUT2D eigenvalue weighted by Gasteiger charge is 2.79. The van der Waals surface area contributed by atoms with Gasteiger partial charge in [-0.15, -0.1) is 0 Å².